The molecule has 2 bridgehead atoms. The Hall–Kier alpha value is -0.120. The molecule has 0 spiro atoms. The first-order chi connectivity index (χ1) is 7.14. The van der Waals surface area contributed by atoms with E-state index in [4.69, 9.17) is 10.5 Å². The second-order valence-corrected chi connectivity index (χ2v) is 5.80. The minimum absolute atomic E-state index is 0.356. The molecule has 0 amide bonds. The molecule has 3 N–H and O–H groups in total. The molecular weight excluding hydrogens is 190 g/mol. The van der Waals surface area contributed by atoms with E-state index in [1.807, 2.05) is 0 Å². The number of hydrogen-bond donors (Lipinski definition) is 2. The van der Waals surface area contributed by atoms with Crippen LogP contribution in [0.5, 0.6) is 0 Å². The van der Waals surface area contributed by atoms with Gasteiger partial charge in [-0.3, -0.25) is 0 Å². The summed E-state index contributed by atoms with van der Waals surface area (Å²) >= 11 is 0. The van der Waals surface area contributed by atoms with Gasteiger partial charge in [0.1, 0.15) is 5.60 Å². The first-order valence-corrected chi connectivity index (χ1v) is 6.23. The zero-order chi connectivity index (χ0) is 10.5. The average molecular weight is 211 g/mol. The van der Waals surface area contributed by atoms with Gasteiger partial charge in [0.15, 0.2) is 0 Å². The summed E-state index contributed by atoms with van der Waals surface area (Å²) in [5, 5.41) is 10.6. The Labute approximate surface area is 91.0 Å². The van der Waals surface area contributed by atoms with Crippen molar-refractivity contribution >= 4 is 0 Å². The number of nitrogens with two attached hydrogens (primary N) is 1. The highest BCUT2D eigenvalue weighted by Crippen LogP contribution is 2.52. The van der Waals surface area contributed by atoms with Gasteiger partial charge in [-0.15, -0.1) is 0 Å². The summed E-state index contributed by atoms with van der Waals surface area (Å²) in [5.74, 6) is 1.28. The normalized spacial score (nSPS) is 54.8. The fourth-order valence-corrected chi connectivity index (χ4v) is 4.02. The van der Waals surface area contributed by atoms with Crippen LogP contribution in [-0.4, -0.2) is 29.5 Å². The lowest BCUT2D eigenvalue weighted by molar-refractivity contribution is -0.106. The van der Waals surface area contributed by atoms with Crippen molar-refractivity contribution in [1.29, 1.82) is 0 Å². The second kappa shape index (κ2) is 3.19. The first-order valence-electron chi connectivity index (χ1n) is 6.23. The molecule has 3 heteroatoms. The maximum Gasteiger partial charge on any atom is 0.108 e. The van der Waals surface area contributed by atoms with Gasteiger partial charge < -0.3 is 15.6 Å². The predicted molar refractivity (Wildman–Crippen MR) is 57.4 cm³/mol. The van der Waals surface area contributed by atoms with Crippen LogP contribution in [0.4, 0.5) is 0 Å². The van der Waals surface area contributed by atoms with Gasteiger partial charge in [0.05, 0.1) is 12.1 Å². The van der Waals surface area contributed by atoms with E-state index in [9.17, 15) is 5.11 Å². The Balaban J connectivity index is 1.89. The molecule has 1 saturated heterocycles. The van der Waals surface area contributed by atoms with Crippen molar-refractivity contribution in [2.45, 2.75) is 49.7 Å². The third-order valence-corrected chi connectivity index (χ3v) is 5.07. The summed E-state index contributed by atoms with van der Waals surface area (Å²) in [4.78, 5) is 0. The van der Waals surface area contributed by atoms with Crippen LogP contribution in [0, 0.1) is 11.8 Å². The van der Waals surface area contributed by atoms with Crippen molar-refractivity contribution in [2.24, 2.45) is 17.6 Å². The molecule has 3 aliphatic carbocycles. The van der Waals surface area contributed by atoms with Gasteiger partial charge in [0.2, 0.25) is 0 Å². The van der Waals surface area contributed by atoms with Gasteiger partial charge in [0, 0.05) is 13.0 Å². The van der Waals surface area contributed by atoms with Gasteiger partial charge in [-0.05, 0) is 31.1 Å². The molecule has 1 heterocycles. The van der Waals surface area contributed by atoms with E-state index in [0.29, 0.717) is 19.1 Å². The highest BCUT2D eigenvalue weighted by atomic mass is 16.5. The summed E-state index contributed by atoms with van der Waals surface area (Å²) in [7, 11) is 0. The van der Waals surface area contributed by atoms with E-state index < -0.39 is 5.60 Å². The number of ether oxygens (including phenoxy) is 1. The highest BCUT2D eigenvalue weighted by molar-refractivity contribution is 5.13. The molecule has 0 aromatic rings. The van der Waals surface area contributed by atoms with Crippen molar-refractivity contribution < 1.29 is 9.84 Å². The first kappa shape index (κ1) is 10.1. The number of rotatable bonds is 1. The fourth-order valence-electron chi connectivity index (χ4n) is 4.02. The van der Waals surface area contributed by atoms with Crippen LogP contribution in [0.3, 0.4) is 0 Å². The SMILES string of the molecule is NC1(C2(O)CCOC2)CC2CCC1CC2. The molecule has 1 aliphatic heterocycles. The van der Waals surface area contributed by atoms with Crippen LogP contribution < -0.4 is 5.73 Å². The van der Waals surface area contributed by atoms with Crippen molar-refractivity contribution in [3.05, 3.63) is 0 Å². The van der Waals surface area contributed by atoms with Gasteiger partial charge in [-0.1, -0.05) is 12.8 Å². The van der Waals surface area contributed by atoms with Crippen LogP contribution >= 0.6 is 0 Å². The van der Waals surface area contributed by atoms with E-state index in [0.717, 1.165) is 18.8 Å². The largest absolute Gasteiger partial charge is 0.385 e. The molecule has 2 unspecified atom stereocenters. The second-order valence-electron chi connectivity index (χ2n) is 5.80. The van der Waals surface area contributed by atoms with E-state index in [1.54, 1.807) is 0 Å². The fraction of sp³-hybridized carbons (Fsp3) is 1.00. The van der Waals surface area contributed by atoms with E-state index in [-0.39, 0.29) is 5.54 Å². The summed E-state index contributed by atoms with van der Waals surface area (Å²) in [6.07, 6.45) is 6.80. The maximum absolute atomic E-state index is 10.6. The molecular formula is C12H21NO2. The topological polar surface area (TPSA) is 55.5 Å². The van der Waals surface area contributed by atoms with Crippen LogP contribution in [0.2, 0.25) is 0 Å². The Bertz CT molecular complexity index is 254. The lowest BCUT2D eigenvalue weighted by atomic mass is 9.55. The lowest BCUT2D eigenvalue weighted by Gasteiger charge is -2.55. The molecule has 0 aromatic carbocycles. The molecule has 0 aromatic heterocycles. The lowest BCUT2D eigenvalue weighted by Crippen LogP contribution is -2.68. The van der Waals surface area contributed by atoms with Gasteiger partial charge in [-0.25, -0.2) is 0 Å². The molecule has 2 atom stereocenters. The van der Waals surface area contributed by atoms with E-state index in [1.165, 1.54) is 25.7 Å². The third-order valence-electron chi connectivity index (χ3n) is 5.07. The summed E-state index contributed by atoms with van der Waals surface area (Å²) in [6, 6.07) is 0. The predicted octanol–water partition coefficient (Wildman–Crippen LogP) is 1.05. The molecule has 4 aliphatic rings. The smallest absolute Gasteiger partial charge is 0.108 e. The monoisotopic (exact) mass is 211 g/mol. The van der Waals surface area contributed by atoms with Crippen molar-refractivity contribution in [1.82, 2.24) is 0 Å². The van der Waals surface area contributed by atoms with Gasteiger partial charge in [0.25, 0.3) is 0 Å². The van der Waals surface area contributed by atoms with Crippen LogP contribution in [0.15, 0.2) is 0 Å². The molecule has 3 saturated carbocycles. The van der Waals surface area contributed by atoms with Crippen molar-refractivity contribution in [2.75, 3.05) is 13.2 Å². The Morgan fingerprint density at radius 3 is 2.40 bits per heavy atom. The summed E-state index contributed by atoms with van der Waals surface area (Å²) in [5.41, 5.74) is 5.46. The van der Waals surface area contributed by atoms with Crippen LogP contribution in [-0.2, 0) is 4.74 Å². The van der Waals surface area contributed by atoms with Crippen LogP contribution in [0.25, 0.3) is 0 Å². The van der Waals surface area contributed by atoms with E-state index in [2.05, 4.69) is 0 Å². The van der Waals surface area contributed by atoms with Gasteiger partial charge >= 0.3 is 0 Å². The summed E-state index contributed by atoms with van der Waals surface area (Å²) in [6.45, 7) is 1.12. The maximum atomic E-state index is 10.6. The quantitative estimate of drug-likeness (QED) is 0.681. The number of hydrogen-bond acceptors (Lipinski definition) is 3. The minimum Gasteiger partial charge on any atom is -0.385 e. The average Bonchev–Trinajstić information content (AvgIpc) is 2.68. The molecule has 3 nitrogen and oxygen atoms in total. The Morgan fingerprint density at radius 2 is 1.93 bits per heavy atom. The molecule has 86 valence electrons. The molecule has 15 heavy (non-hydrogen) atoms. The molecule has 0 radical (unpaired) electrons. The zero-order valence-electron chi connectivity index (χ0n) is 9.24. The van der Waals surface area contributed by atoms with Crippen molar-refractivity contribution in [3.63, 3.8) is 0 Å². The number of aliphatic hydroxyl groups is 1. The van der Waals surface area contributed by atoms with Crippen molar-refractivity contribution in [3.8, 4) is 0 Å². The zero-order valence-corrected chi connectivity index (χ0v) is 9.24. The molecule has 4 rings (SSSR count). The number of fused-ring (bicyclic) bond motifs is 3. The minimum atomic E-state index is -0.739. The Morgan fingerprint density at radius 1 is 1.20 bits per heavy atom. The Kier molecular flexibility index (Phi) is 2.14. The summed E-state index contributed by atoms with van der Waals surface area (Å²) < 4.78 is 5.36. The third kappa shape index (κ3) is 1.30. The van der Waals surface area contributed by atoms with Crippen LogP contribution in [0.1, 0.15) is 38.5 Å². The van der Waals surface area contributed by atoms with E-state index >= 15 is 0 Å². The van der Waals surface area contributed by atoms with Gasteiger partial charge in [-0.2, -0.15) is 0 Å². The molecule has 4 fully saturated rings. The standard InChI is InChI=1S/C12H21NO2/c13-12(11(14)5-6-15-8-11)7-9-1-3-10(12)4-2-9/h9-10,14H,1-8,13H2. The highest BCUT2D eigenvalue weighted by Gasteiger charge is 2.57.